The predicted octanol–water partition coefficient (Wildman–Crippen LogP) is 3.58. The van der Waals surface area contributed by atoms with Gasteiger partial charge in [-0.25, -0.2) is 4.98 Å². The van der Waals surface area contributed by atoms with E-state index in [1.54, 1.807) is 36.4 Å². The van der Waals surface area contributed by atoms with Crippen molar-refractivity contribution >= 4 is 28.4 Å². The summed E-state index contributed by atoms with van der Waals surface area (Å²) in [5.41, 5.74) is 0.837. The maximum atomic E-state index is 12.9. The number of Topliss-reactive ketones (excluding diaryl/α,β-unsaturated/α-hetero) is 1. The van der Waals surface area contributed by atoms with E-state index < -0.39 is 0 Å². The van der Waals surface area contributed by atoms with Gasteiger partial charge in [0.2, 0.25) is 5.75 Å². The smallest absolute Gasteiger partial charge is 0.262 e. The number of ether oxygens (including phenoxy) is 3. The third-order valence-corrected chi connectivity index (χ3v) is 5.43. The molecule has 0 N–H and O–H groups in total. The zero-order chi connectivity index (χ0) is 21.7. The summed E-state index contributed by atoms with van der Waals surface area (Å²) in [6.07, 6.45) is 1.63. The Morgan fingerprint density at radius 3 is 2.40 bits per heavy atom. The third-order valence-electron chi connectivity index (χ3n) is 4.46. The van der Waals surface area contributed by atoms with Gasteiger partial charge < -0.3 is 14.2 Å². The van der Waals surface area contributed by atoms with E-state index in [1.165, 1.54) is 37.7 Å². The number of nitrogens with zero attached hydrogens (tertiary/aromatic N) is 2. The Hall–Kier alpha value is -3.26. The number of para-hydroxylation sites is 1. The lowest BCUT2D eigenvalue weighted by molar-refractivity contribution is 0.102. The Bertz CT molecular complexity index is 1130. The highest BCUT2D eigenvalue weighted by atomic mass is 32.2. The highest BCUT2D eigenvalue weighted by Crippen LogP contribution is 2.38. The summed E-state index contributed by atoms with van der Waals surface area (Å²) in [6.45, 7) is 4.02. The Morgan fingerprint density at radius 2 is 1.80 bits per heavy atom. The second-order valence-electron chi connectivity index (χ2n) is 6.24. The SMILES string of the molecule is C=CCn1c(SCC(=O)c2cc(OC)c(OC)c(OC)c2)nc2ccccc2c1=O. The third kappa shape index (κ3) is 4.18. The van der Waals surface area contributed by atoms with Crippen LogP contribution in [0.2, 0.25) is 0 Å². The van der Waals surface area contributed by atoms with E-state index >= 15 is 0 Å². The maximum absolute atomic E-state index is 12.9. The average molecular weight is 426 g/mol. The number of carbonyl (C=O) groups excluding carboxylic acids is 1. The molecule has 3 rings (SSSR count). The normalized spacial score (nSPS) is 10.6. The van der Waals surface area contributed by atoms with Crippen LogP contribution >= 0.6 is 11.8 Å². The largest absolute Gasteiger partial charge is 0.493 e. The number of methoxy groups -OCH3 is 3. The van der Waals surface area contributed by atoms with E-state index in [9.17, 15) is 9.59 Å². The molecule has 0 amide bonds. The molecule has 1 heterocycles. The van der Waals surface area contributed by atoms with Gasteiger partial charge in [-0.2, -0.15) is 0 Å². The highest BCUT2D eigenvalue weighted by Gasteiger charge is 2.18. The first-order chi connectivity index (χ1) is 14.5. The average Bonchev–Trinajstić information content (AvgIpc) is 2.78. The molecule has 0 radical (unpaired) electrons. The van der Waals surface area contributed by atoms with Crippen LogP contribution in [0.5, 0.6) is 17.2 Å². The van der Waals surface area contributed by atoms with Crippen LogP contribution < -0.4 is 19.8 Å². The van der Waals surface area contributed by atoms with Crippen molar-refractivity contribution in [1.29, 1.82) is 0 Å². The van der Waals surface area contributed by atoms with Crippen LogP contribution in [0.15, 0.2) is 59.0 Å². The lowest BCUT2D eigenvalue weighted by Crippen LogP contribution is -2.23. The zero-order valence-corrected chi connectivity index (χ0v) is 17.8. The van der Waals surface area contributed by atoms with Crippen molar-refractivity contribution in [1.82, 2.24) is 9.55 Å². The molecule has 30 heavy (non-hydrogen) atoms. The molecule has 0 saturated carbocycles. The van der Waals surface area contributed by atoms with Crippen LogP contribution in [0.1, 0.15) is 10.4 Å². The van der Waals surface area contributed by atoms with E-state index in [0.717, 1.165) is 0 Å². The number of hydrogen-bond donors (Lipinski definition) is 0. The Balaban J connectivity index is 1.93. The number of rotatable bonds is 9. The molecule has 0 bridgehead atoms. The fourth-order valence-corrected chi connectivity index (χ4v) is 3.91. The summed E-state index contributed by atoms with van der Waals surface area (Å²) in [4.78, 5) is 30.3. The lowest BCUT2D eigenvalue weighted by atomic mass is 10.1. The minimum atomic E-state index is -0.164. The number of carbonyl (C=O) groups is 1. The first-order valence-electron chi connectivity index (χ1n) is 9.10. The van der Waals surface area contributed by atoms with Crippen LogP contribution in [0.4, 0.5) is 0 Å². The summed E-state index contributed by atoms with van der Waals surface area (Å²) in [5, 5.41) is 0.985. The van der Waals surface area contributed by atoms with Gasteiger partial charge in [0.1, 0.15) is 0 Å². The summed E-state index contributed by atoms with van der Waals surface area (Å²) < 4.78 is 17.4. The molecule has 0 aliphatic heterocycles. The molecule has 0 aliphatic carbocycles. The number of ketones is 1. The molecule has 0 spiro atoms. The summed E-state index contributed by atoms with van der Waals surface area (Å²) in [5.74, 6) is 1.14. The van der Waals surface area contributed by atoms with Crippen molar-refractivity contribution in [2.45, 2.75) is 11.7 Å². The summed E-state index contributed by atoms with van der Waals surface area (Å²) in [7, 11) is 4.49. The molecule has 2 aromatic carbocycles. The molecule has 0 unspecified atom stereocenters. The van der Waals surface area contributed by atoms with Crippen molar-refractivity contribution in [3.05, 3.63) is 65.0 Å². The van der Waals surface area contributed by atoms with Gasteiger partial charge in [-0.3, -0.25) is 14.2 Å². The Morgan fingerprint density at radius 1 is 1.13 bits per heavy atom. The number of benzene rings is 2. The molecular weight excluding hydrogens is 404 g/mol. The fourth-order valence-electron chi connectivity index (χ4n) is 3.00. The van der Waals surface area contributed by atoms with E-state index in [-0.39, 0.29) is 17.1 Å². The van der Waals surface area contributed by atoms with E-state index in [0.29, 0.717) is 45.4 Å². The van der Waals surface area contributed by atoms with E-state index in [1.807, 2.05) is 6.07 Å². The number of hydrogen-bond acceptors (Lipinski definition) is 7. The van der Waals surface area contributed by atoms with Crippen LogP contribution in [-0.4, -0.2) is 42.4 Å². The summed E-state index contributed by atoms with van der Waals surface area (Å²) in [6, 6.07) is 10.3. The quantitative estimate of drug-likeness (QED) is 0.224. The molecule has 1 aromatic heterocycles. The van der Waals surface area contributed by atoms with Crippen molar-refractivity contribution < 1.29 is 19.0 Å². The lowest BCUT2D eigenvalue weighted by Gasteiger charge is -2.14. The van der Waals surface area contributed by atoms with Gasteiger partial charge in [-0.1, -0.05) is 30.0 Å². The Labute approximate surface area is 178 Å². The van der Waals surface area contributed by atoms with E-state index in [4.69, 9.17) is 14.2 Å². The monoisotopic (exact) mass is 426 g/mol. The number of aromatic nitrogens is 2. The summed E-state index contributed by atoms with van der Waals surface area (Å²) >= 11 is 1.20. The van der Waals surface area contributed by atoms with E-state index in [2.05, 4.69) is 11.6 Å². The molecule has 156 valence electrons. The highest BCUT2D eigenvalue weighted by molar-refractivity contribution is 7.99. The predicted molar refractivity (Wildman–Crippen MR) is 117 cm³/mol. The molecule has 0 fully saturated rings. The van der Waals surface area contributed by atoms with Gasteiger partial charge in [0.25, 0.3) is 5.56 Å². The van der Waals surface area contributed by atoms with Crippen LogP contribution in [0.25, 0.3) is 10.9 Å². The second-order valence-corrected chi connectivity index (χ2v) is 7.18. The van der Waals surface area contributed by atoms with Crippen molar-refractivity contribution in [3.63, 3.8) is 0 Å². The maximum Gasteiger partial charge on any atom is 0.262 e. The first kappa shape index (κ1) is 21.4. The van der Waals surface area contributed by atoms with Gasteiger partial charge in [-0.05, 0) is 24.3 Å². The molecular formula is C22H22N2O5S. The molecule has 0 aliphatic rings. The van der Waals surface area contributed by atoms with Crippen LogP contribution in [0, 0.1) is 0 Å². The molecule has 3 aromatic rings. The molecule has 0 atom stereocenters. The second kappa shape index (κ2) is 9.49. The van der Waals surface area contributed by atoms with Gasteiger partial charge in [0.15, 0.2) is 22.4 Å². The van der Waals surface area contributed by atoms with Crippen molar-refractivity contribution in [3.8, 4) is 17.2 Å². The number of allylic oxidation sites excluding steroid dienone is 1. The molecule has 0 saturated heterocycles. The fraction of sp³-hybridized carbons (Fsp3) is 0.227. The van der Waals surface area contributed by atoms with Crippen molar-refractivity contribution in [2.75, 3.05) is 27.1 Å². The Kier molecular flexibility index (Phi) is 6.79. The van der Waals surface area contributed by atoms with Gasteiger partial charge >= 0.3 is 0 Å². The number of fused-ring (bicyclic) bond motifs is 1. The molecule has 7 nitrogen and oxygen atoms in total. The van der Waals surface area contributed by atoms with Gasteiger partial charge in [0.05, 0.1) is 38.0 Å². The topological polar surface area (TPSA) is 79.7 Å². The van der Waals surface area contributed by atoms with Crippen molar-refractivity contribution in [2.24, 2.45) is 0 Å². The van der Waals surface area contributed by atoms with Crippen LogP contribution in [0.3, 0.4) is 0 Å². The number of thioether (sulfide) groups is 1. The van der Waals surface area contributed by atoms with Crippen LogP contribution in [-0.2, 0) is 6.54 Å². The first-order valence-corrected chi connectivity index (χ1v) is 10.1. The minimum Gasteiger partial charge on any atom is -0.493 e. The zero-order valence-electron chi connectivity index (χ0n) is 17.0. The van der Waals surface area contributed by atoms with Gasteiger partial charge in [0, 0.05) is 12.1 Å². The van der Waals surface area contributed by atoms with Gasteiger partial charge in [-0.15, -0.1) is 6.58 Å². The standard InChI is InChI=1S/C22H22N2O5S/c1-5-10-24-21(26)15-8-6-7-9-16(15)23-22(24)30-13-17(25)14-11-18(27-2)20(29-4)19(12-14)28-3/h5-9,11-12H,1,10,13H2,2-4H3. The minimum absolute atomic E-state index is 0.0839. The molecule has 8 heteroatoms.